The van der Waals surface area contributed by atoms with Crippen molar-refractivity contribution in [3.8, 4) is 5.75 Å². The van der Waals surface area contributed by atoms with Crippen LogP contribution in [0.25, 0.3) is 5.57 Å². The van der Waals surface area contributed by atoms with Gasteiger partial charge in [0.1, 0.15) is 5.75 Å². The molecule has 1 rings (SSSR count). The van der Waals surface area contributed by atoms with Crippen molar-refractivity contribution in [2.45, 2.75) is 13.3 Å². The third-order valence-corrected chi connectivity index (χ3v) is 2.19. The largest absolute Gasteiger partial charge is 0.497 e. The highest BCUT2D eigenvalue weighted by atomic mass is 16.5. The van der Waals surface area contributed by atoms with E-state index in [1.165, 1.54) is 11.1 Å². The van der Waals surface area contributed by atoms with Gasteiger partial charge in [-0.2, -0.15) is 0 Å². The highest BCUT2D eigenvalue weighted by Crippen LogP contribution is 2.21. The first-order chi connectivity index (χ1) is 6.81. The maximum absolute atomic E-state index is 5.51. The minimum Gasteiger partial charge on any atom is -0.497 e. The lowest BCUT2D eigenvalue weighted by Gasteiger charge is -2.06. The molecular formula is C12H17NO. The maximum atomic E-state index is 5.51. The molecule has 0 amide bonds. The summed E-state index contributed by atoms with van der Waals surface area (Å²) in [5.41, 5.74) is 7.97. The lowest BCUT2D eigenvalue weighted by atomic mass is 10.0. The van der Waals surface area contributed by atoms with Crippen molar-refractivity contribution in [2.75, 3.05) is 13.7 Å². The number of allylic oxidation sites excluding steroid dienone is 1. The normalized spacial score (nSPS) is 11.5. The minimum absolute atomic E-state index is 0.584. The monoisotopic (exact) mass is 191 g/mol. The molecule has 0 bridgehead atoms. The molecule has 0 aliphatic rings. The van der Waals surface area contributed by atoms with Crippen molar-refractivity contribution in [1.29, 1.82) is 0 Å². The molecule has 0 aliphatic heterocycles. The molecule has 0 fully saturated rings. The van der Waals surface area contributed by atoms with E-state index in [-0.39, 0.29) is 0 Å². The van der Waals surface area contributed by atoms with Gasteiger partial charge in [0.25, 0.3) is 0 Å². The summed E-state index contributed by atoms with van der Waals surface area (Å²) in [5.74, 6) is 0.888. The second-order valence-corrected chi connectivity index (χ2v) is 3.05. The quantitative estimate of drug-likeness (QED) is 0.793. The first kappa shape index (κ1) is 10.8. The molecule has 0 unspecified atom stereocenters. The molecule has 0 saturated carbocycles. The van der Waals surface area contributed by atoms with Gasteiger partial charge in [-0.15, -0.1) is 0 Å². The highest BCUT2D eigenvalue weighted by molar-refractivity contribution is 5.66. The van der Waals surface area contributed by atoms with Crippen molar-refractivity contribution in [3.63, 3.8) is 0 Å². The third-order valence-electron chi connectivity index (χ3n) is 2.19. The van der Waals surface area contributed by atoms with E-state index in [0.29, 0.717) is 6.54 Å². The molecule has 0 spiro atoms. The van der Waals surface area contributed by atoms with Gasteiger partial charge in [0.15, 0.2) is 0 Å². The third kappa shape index (κ3) is 2.60. The second kappa shape index (κ2) is 5.45. The zero-order chi connectivity index (χ0) is 10.4. The van der Waals surface area contributed by atoms with Crippen LogP contribution < -0.4 is 10.5 Å². The lowest BCUT2D eigenvalue weighted by molar-refractivity contribution is 0.414. The summed E-state index contributed by atoms with van der Waals surface area (Å²) in [6, 6.07) is 8.05. The average Bonchev–Trinajstić information content (AvgIpc) is 2.26. The van der Waals surface area contributed by atoms with Gasteiger partial charge in [-0.1, -0.05) is 25.1 Å². The molecule has 0 saturated heterocycles. The number of hydrogen-bond acceptors (Lipinski definition) is 2. The molecule has 0 heterocycles. The summed E-state index contributed by atoms with van der Waals surface area (Å²) in [6.45, 7) is 2.71. The van der Waals surface area contributed by atoms with Crippen LogP contribution in [0, 0.1) is 0 Å². The van der Waals surface area contributed by atoms with Gasteiger partial charge < -0.3 is 10.5 Å². The molecule has 2 heteroatoms. The Hall–Kier alpha value is -1.28. The number of methoxy groups -OCH3 is 1. The van der Waals surface area contributed by atoms with Gasteiger partial charge in [-0.05, 0) is 29.7 Å². The molecule has 1 aromatic carbocycles. The van der Waals surface area contributed by atoms with E-state index >= 15 is 0 Å². The summed E-state index contributed by atoms with van der Waals surface area (Å²) in [4.78, 5) is 0. The molecule has 0 aromatic heterocycles. The Kier molecular flexibility index (Phi) is 4.20. The Bertz CT molecular complexity index is 318. The Morgan fingerprint density at radius 3 is 2.86 bits per heavy atom. The Morgan fingerprint density at radius 2 is 2.29 bits per heavy atom. The average molecular weight is 191 g/mol. The van der Waals surface area contributed by atoms with Gasteiger partial charge in [0, 0.05) is 6.54 Å². The van der Waals surface area contributed by atoms with Crippen LogP contribution in [0.4, 0.5) is 0 Å². The zero-order valence-electron chi connectivity index (χ0n) is 8.79. The fourth-order valence-electron chi connectivity index (χ4n) is 1.43. The van der Waals surface area contributed by atoms with Crippen molar-refractivity contribution >= 4 is 5.57 Å². The van der Waals surface area contributed by atoms with E-state index in [1.54, 1.807) is 7.11 Å². The van der Waals surface area contributed by atoms with Crippen molar-refractivity contribution in [1.82, 2.24) is 0 Å². The molecule has 2 nitrogen and oxygen atoms in total. The van der Waals surface area contributed by atoms with Gasteiger partial charge in [0.05, 0.1) is 7.11 Å². The molecule has 14 heavy (non-hydrogen) atoms. The zero-order valence-corrected chi connectivity index (χ0v) is 8.79. The van der Waals surface area contributed by atoms with Crippen molar-refractivity contribution in [3.05, 3.63) is 35.9 Å². The van der Waals surface area contributed by atoms with Crippen molar-refractivity contribution < 1.29 is 4.74 Å². The van der Waals surface area contributed by atoms with Gasteiger partial charge in [-0.3, -0.25) is 0 Å². The molecule has 0 radical (unpaired) electrons. The molecule has 0 aliphatic carbocycles. The predicted octanol–water partition coefficient (Wildman–Crippen LogP) is 2.45. The Morgan fingerprint density at radius 1 is 1.50 bits per heavy atom. The maximum Gasteiger partial charge on any atom is 0.119 e. The number of rotatable bonds is 4. The highest BCUT2D eigenvalue weighted by Gasteiger charge is 1.99. The second-order valence-electron chi connectivity index (χ2n) is 3.05. The van der Waals surface area contributed by atoms with Crippen LogP contribution in [0.15, 0.2) is 30.3 Å². The summed E-state index contributed by atoms with van der Waals surface area (Å²) in [7, 11) is 1.68. The van der Waals surface area contributed by atoms with Gasteiger partial charge in [0.2, 0.25) is 0 Å². The fraction of sp³-hybridized carbons (Fsp3) is 0.333. The molecule has 1 aromatic rings. The molecule has 76 valence electrons. The number of nitrogens with two attached hydrogens (primary N) is 1. The number of benzene rings is 1. The van der Waals surface area contributed by atoms with Crippen LogP contribution in [0.3, 0.4) is 0 Å². The SMILES string of the molecule is CC/C(=C/CN)c1cccc(OC)c1. The van der Waals surface area contributed by atoms with E-state index in [2.05, 4.69) is 19.1 Å². The molecule has 2 N–H and O–H groups in total. The summed E-state index contributed by atoms with van der Waals surface area (Å²) in [5, 5.41) is 0. The first-order valence-electron chi connectivity index (χ1n) is 4.85. The van der Waals surface area contributed by atoms with E-state index in [4.69, 9.17) is 10.5 Å². The van der Waals surface area contributed by atoms with Crippen molar-refractivity contribution in [2.24, 2.45) is 5.73 Å². The van der Waals surface area contributed by atoms with Crippen LogP contribution in [-0.4, -0.2) is 13.7 Å². The van der Waals surface area contributed by atoms with Gasteiger partial charge >= 0.3 is 0 Å². The topological polar surface area (TPSA) is 35.2 Å². The fourth-order valence-corrected chi connectivity index (χ4v) is 1.43. The first-order valence-corrected chi connectivity index (χ1v) is 4.85. The summed E-state index contributed by atoms with van der Waals surface area (Å²) < 4.78 is 5.17. The lowest BCUT2D eigenvalue weighted by Crippen LogP contribution is -1.95. The summed E-state index contributed by atoms with van der Waals surface area (Å²) in [6.07, 6.45) is 3.04. The number of hydrogen-bond donors (Lipinski definition) is 1. The van der Waals surface area contributed by atoms with Crippen LogP contribution >= 0.6 is 0 Å². The van der Waals surface area contributed by atoms with E-state index < -0.39 is 0 Å². The van der Waals surface area contributed by atoms with E-state index in [9.17, 15) is 0 Å². The Balaban J connectivity index is 2.98. The Labute approximate surface area is 85.4 Å². The van der Waals surface area contributed by atoms with Crippen LogP contribution in [0.2, 0.25) is 0 Å². The summed E-state index contributed by atoms with van der Waals surface area (Å²) >= 11 is 0. The van der Waals surface area contributed by atoms with E-state index in [0.717, 1.165) is 12.2 Å². The predicted molar refractivity (Wildman–Crippen MR) is 60.3 cm³/mol. The van der Waals surface area contributed by atoms with E-state index in [1.807, 2.05) is 18.2 Å². The van der Waals surface area contributed by atoms with Crippen LogP contribution in [0.1, 0.15) is 18.9 Å². The smallest absolute Gasteiger partial charge is 0.119 e. The molecule has 0 atom stereocenters. The van der Waals surface area contributed by atoms with Crippen LogP contribution in [0.5, 0.6) is 5.75 Å². The molecular weight excluding hydrogens is 174 g/mol. The van der Waals surface area contributed by atoms with Crippen LogP contribution in [-0.2, 0) is 0 Å². The number of ether oxygens (including phenoxy) is 1. The minimum atomic E-state index is 0.584. The van der Waals surface area contributed by atoms with Gasteiger partial charge in [-0.25, -0.2) is 0 Å². The standard InChI is InChI=1S/C12H17NO/c1-3-10(7-8-13)11-5-4-6-12(9-11)14-2/h4-7,9H,3,8,13H2,1-2H3/b10-7-.